The number of nitrogens with zero attached hydrogens (tertiary/aromatic N) is 4. The maximum Gasteiger partial charge on any atom is 0.228 e. The maximum absolute atomic E-state index is 6.43. The molecule has 10 aromatic rings. The summed E-state index contributed by atoms with van der Waals surface area (Å²) in [5, 5.41) is 4.22. The second kappa shape index (κ2) is 10.2. The van der Waals surface area contributed by atoms with Gasteiger partial charge in [0.1, 0.15) is 16.7 Å². The van der Waals surface area contributed by atoms with E-state index < -0.39 is 0 Å². The molecular weight excluding hydrogens is 601 g/mol. The first-order chi connectivity index (χ1) is 23.3. The van der Waals surface area contributed by atoms with Crippen molar-refractivity contribution in [2.45, 2.75) is 0 Å². The van der Waals surface area contributed by atoms with E-state index in [9.17, 15) is 0 Å². The molecular formula is C40H22N4O2S. The van der Waals surface area contributed by atoms with Crippen molar-refractivity contribution in [2.75, 3.05) is 0 Å². The van der Waals surface area contributed by atoms with Gasteiger partial charge in [-0.3, -0.25) is 0 Å². The van der Waals surface area contributed by atoms with Crippen LogP contribution in [0.25, 0.3) is 98.8 Å². The van der Waals surface area contributed by atoms with E-state index in [1.807, 2.05) is 91.0 Å². The van der Waals surface area contributed by atoms with Gasteiger partial charge >= 0.3 is 0 Å². The Balaban J connectivity index is 1.26. The predicted molar refractivity (Wildman–Crippen MR) is 189 cm³/mol. The Morgan fingerprint density at radius 3 is 1.89 bits per heavy atom. The van der Waals surface area contributed by atoms with Gasteiger partial charge in [-0.25, -0.2) is 19.9 Å². The van der Waals surface area contributed by atoms with Crippen LogP contribution in [0.1, 0.15) is 0 Å². The summed E-state index contributed by atoms with van der Waals surface area (Å²) in [5.74, 6) is 2.32. The van der Waals surface area contributed by atoms with Crippen LogP contribution in [0.5, 0.6) is 0 Å². The van der Waals surface area contributed by atoms with Crippen molar-refractivity contribution in [3.05, 3.63) is 133 Å². The van der Waals surface area contributed by atoms with Gasteiger partial charge in [-0.2, -0.15) is 0 Å². The van der Waals surface area contributed by atoms with Crippen molar-refractivity contribution in [2.24, 2.45) is 0 Å². The first kappa shape index (κ1) is 26.1. The Labute approximate surface area is 271 Å². The number of hydrogen-bond acceptors (Lipinski definition) is 7. The lowest BCUT2D eigenvalue weighted by atomic mass is 10.0. The van der Waals surface area contributed by atoms with Gasteiger partial charge in [0.15, 0.2) is 23.1 Å². The molecule has 0 bridgehead atoms. The molecule has 0 aliphatic carbocycles. The van der Waals surface area contributed by atoms with E-state index in [1.165, 1.54) is 15.5 Å². The highest BCUT2D eigenvalue weighted by Crippen LogP contribution is 2.43. The number of aromatic nitrogens is 4. The number of furan rings is 1. The summed E-state index contributed by atoms with van der Waals surface area (Å²) in [7, 11) is 0. The summed E-state index contributed by atoms with van der Waals surface area (Å²) in [6, 6.07) is 44.7. The SMILES string of the molecule is c1ccc(-c2nc(-c3cccc4c3sc3ccccc34)nc(-c3cccc4oc5cccc(-c6nc7ccccc7o6)c5c34)n2)cc1. The molecule has 6 aromatic carbocycles. The number of fused-ring (bicyclic) bond motifs is 7. The van der Waals surface area contributed by atoms with Crippen LogP contribution < -0.4 is 0 Å². The average Bonchev–Trinajstić information content (AvgIpc) is 3.85. The zero-order valence-corrected chi connectivity index (χ0v) is 25.5. The second-order valence-electron chi connectivity index (χ2n) is 11.4. The highest BCUT2D eigenvalue weighted by molar-refractivity contribution is 7.26. The Morgan fingerprint density at radius 2 is 1.04 bits per heavy atom. The fraction of sp³-hybridized carbons (Fsp3) is 0. The fourth-order valence-corrected chi connectivity index (χ4v) is 7.69. The molecule has 0 radical (unpaired) electrons. The van der Waals surface area contributed by atoms with Crippen LogP contribution in [0.15, 0.2) is 142 Å². The van der Waals surface area contributed by atoms with Crippen molar-refractivity contribution in [1.29, 1.82) is 0 Å². The van der Waals surface area contributed by atoms with Crippen molar-refractivity contribution >= 4 is 64.5 Å². The van der Waals surface area contributed by atoms with Gasteiger partial charge < -0.3 is 8.83 Å². The van der Waals surface area contributed by atoms with E-state index >= 15 is 0 Å². The molecule has 4 aromatic heterocycles. The smallest absolute Gasteiger partial charge is 0.228 e. The summed E-state index contributed by atoms with van der Waals surface area (Å²) in [5.41, 5.74) is 6.58. The van der Waals surface area contributed by atoms with E-state index in [0.717, 1.165) is 60.0 Å². The zero-order chi connectivity index (χ0) is 30.9. The third-order valence-electron chi connectivity index (χ3n) is 8.60. The van der Waals surface area contributed by atoms with Crippen LogP contribution in [0, 0.1) is 0 Å². The molecule has 0 N–H and O–H groups in total. The van der Waals surface area contributed by atoms with E-state index in [4.69, 9.17) is 28.8 Å². The molecule has 47 heavy (non-hydrogen) atoms. The van der Waals surface area contributed by atoms with E-state index in [2.05, 4.69) is 42.5 Å². The summed E-state index contributed by atoms with van der Waals surface area (Å²) in [6.07, 6.45) is 0. The number of benzene rings is 6. The van der Waals surface area contributed by atoms with Crippen molar-refractivity contribution in [3.63, 3.8) is 0 Å². The van der Waals surface area contributed by atoms with Crippen molar-refractivity contribution < 1.29 is 8.83 Å². The molecule has 0 saturated carbocycles. The minimum Gasteiger partial charge on any atom is -0.456 e. The molecule has 220 valence electrons. The molecule has 0 spiro atoms. The Bertz CT molecular complexity index is 2780. The normalized spacial score (nSPS) is 11.8. The number of rotatable bonds is 4. The Kier molecular flexibility index (Phi) is 5.64. The highest BCUT2D eigenvalue weighted by Gasteiger charge is 2.22. The van der Waals surface area contributed by atoms with Gasteiger partial charge in [-0.05, 0) is 42.5 Å². The summed E-state index contributed by atoms with van der Waals surface area (Å²) in [6.45, 7) is 0. The number of oxazole rings is 1. The largest absolute Gasteiger partial charge is 0.456 e. The predicted octanol–water partition coefficient (Wildman–Crippen LogP) is 10.9. The lowest BCUT2D eigenvalue weighted by Crippen LogP contribution is -2.00. The molecule has 0 saturated heterocycles. The van der Waals surface area contributed by atoms with Crippen LogP contribution in [0.2, 0.25) is 0 Å². The minimum absolute atomic E-state index is 0.534. The number of hydrogen-bond donors (Lipinski definition) is 0. The zero-order valence-electron chi connectivity index (χ0n) is 24.7. The summed E-state index contributed by atoms with van der Waals surface area (Å²) in [4.78, 5) is 20.2. The van der Waals surface area contributed by atoms with Gasteiger partial charge in [-0.1, -0.05) is 91.0 Å². The van der Waals surface area contributed by atoms with Gasteiger partial charge in [-0.15, -0.1) is 11.3 Å². The van der Waals surface area contributed by atoms with E-state index in [1.54, 1.807) is 11.3 Å². The Hall–Kier alpha value is -6.18. The maximum atomic E-state index is 6.43. The van der Waals surface area contributed by atoms with Crippen LogP contribution >= 0.6 is 11.3 Å². The third kappa shape index (κ3) is 4.10. The number of thiophene rings is 1. The lowest BCUT2D eigenvalue weighted by Gasteiger charge is -2.10. The van der Waals surface area contributed by atoms with Gasteiger partial charge in [0.2, 0.25) is 5.89 Å². The molecule has 10 rings (SSSR count). The Morgan fingerprint density at radius 1 is 0.426 bits per heavy atom. The molecule has 0 aliphatic rings. The van der Waals surface area contributed by atoms with Gasteiger partial charge in [0.05, 0.1) is 0 Å². The summed E-state index contributed by atoms with van der Waals surface area (Å²) < 4.78 is 15.1. The molecule has 6 nitrogen and oxygen atoms in total. The summed E-state index contributed by atoms with van der Waals surface area (Å²) >= 11 is 1.76. The molecule has 0 aliphatic heterocycles. The van der Waals surface area contributed by atoms with Crippen LogP contribution in [-0.2, 0) is 0 Å². The number of para-hydroxylation sites is 2. The quantitative estimate of drug-likeness (QED) is 0.194. The van der Waals surface area contributed by atoms with Crippen LogP contribution in [0.3, 0.4) is 0 Å². The average molecular weight is 623 g/mol. The van der Waals surface area contributed by atoms with E-state index in [-0.39, 0.29) is 0 Å². The monoisotopic (exact) mass is 622 g/mol. The van der Waals surface area contributed by atoms with Crippen molar-refractivity contribution in [3.8, 4) is 45.6 Å². The van der Waals surface area contributed by atoms with Gasteiger partial charge in [0.25, 0.3) is 0 Å². The molecule has 0 atom stereocenters. The second-order valence-corrected chi connectivity index (χ2v) is 12.5. The lowest BCUT2D eigenvalue weighted by molar-refractivity contribution is 0.620. The van der Waals surface area contributed by atoms with Crippen molar-refractivity contribution in [1.82, 2.24) is 19.9 Å². The molecule has 0 unspecified atom stereocenters. The molecule has 7 heteroatoms. The van der Waals surface area contributed by atoms with Crippen LogP contribution in [-0.4, -0.2) is 19.9 Å². The third-order valence-corrected chi connectivity index (χ3v) is 9.82. The molecule has 0 amide bonds. The standard InChI is InChI=1S/C40H22N4O2S/c1-2-11-23(12-3-1)37-42-38(44-39(43-37)28-17-8-14-25-24-13-4-7-22-33(24)47-36(25)28)26-15-9-20-31-34(26)35-27(16-10-21-32(35)45-31)40-41-29-18-5-6-19-30(29)46-40/h1-22H. The van der Waals surface area contributed by atoms with Crippen LogP contribution in [0.4, 0.5) is 0 Å². The molecule has 0 fully saturated rings. The van der Waals surface area contributed by atoms with Gasteiger partial charge in [0, 0.05) is 53.2 Å². The fourth-order valence-electron chi connectivity index (χ4n) is 6.47. The first-order valence-corrected chi connectivity index (χ1v) is 16.1. The highest BCUT2D eigenvalue weighted by atomic mass is 32.1. The first-order valence-electron chi connectivity index (χ1n) is 15.3. The molecule has 4 heterocycles. The van der Waals surface area contributed by atoms with E-state index in [0.29, 0.717) is 23.4 Å². The topological polar surface area (TPSA) is 77.8 Å². The minimum atomic E-state index is 0.534.